The Morgan fingerprint density at radius 2 is 2.00 bits per heavy atom. The lowest BCUT2D eigenvalue weighted by Gasteiger charge is -2.14. The fourth-order valence-electron chi connectivity index (χ4n) is 1.74. The van der Waals surface area contributed by atoms with Gasteiger partial charge in [-0.3, -0.25) is 0 Å². The van der Waals surface area contributed by atoms with Crippen LogP contribution in [0.5, 0.6) is 0 Å². The molecule has 0 atom stereocenters. The number of hydrogen-bond donors (Lipinski definition) is 3. The molecule has 0 saturated heterocycles. The minimum absolute atomic E-state index is 0.166. The summed E-state index contributed by atoms with van der Waals surface area (Å²) in [5.41, 5.74) is 0.216. The lowest BCUT2D eigenvalue weighted by molar-refractivity contribution is 0.253. The van der Waals surface area contributed by atoms with Crippen LogP contribution in [0.3, 0.4) is 0 Å². The first-order valence-electron chi connectivity index (χ1n) is 5.61. The molecule has 1 aromatic heterocycles. The van der Waals surface area contributed by atoms with E-state index in [-0.39, 0.29) is 17.3 Å². The molecule has 94 valence electrons. The summed E-state index contributed by atoms with van der Waals surface area (Å²) in [4.78, 5) is 12.1. The number of rotatable bonds is 6. The van der Waals surface area contributed by atoms with Crippen LogP contribution in [0.15, 0.2) is 0 Å². The van der Waals surface area contributed by atoms with Gasteiger partial charge in [0.05, 0.1) is 0 Å². The van der Waals surface area contributed by atoms with Crippen molar-refractivity contribution in [1.82, 2.24) is 15.0 Å². The number of aromatic nitrogens is 3. The first-order chi connectivity index (χ1) is 8.17. The molecule has 7 heteroatoms. The van der Waals surface area contributed by atoms with E-state index >= 15 is 0 Å². The number of aliphatic hydroxyl groups excluding tert-OH is 1. The van der Waals surface area contributed by atoms with Crippen LogP contribution >= 0.6 is 11.6 Å². The lowest BCUT2D eigenvalue weighted by Crippen LogP contribution is -2.18. The van der Waals surface area contributed by atoms with Crippen molar-refractivity contribution < 1.29 is 5.11 Å². The van der Waals surface area contributed by atoms with Gasteiger partial charge in [0.1, 0.15) is 0 Å². The van der Waals surface area contributed by atoms with E-state index in [0.29, 0.717) is 11.9 Å². The van der Waals surface area contributed by atoms with E-state index in [9.17, 15) is 0 Å². The van der Waals surface area contributed by atoms with E-state index in [2.05, 4.69) is 25.6 Å². The van der Waals surface area contributed by atoms with Gasteiger partial charge in [0.25, 0.3) is 0 Å². The Hall–Kier alpha value is -1.14. The Balaban J connectivity index is 1.97. The van der Waals surface area contributed by atoms with Crippen LogP contribution in [0.4, 0.5) is 11.9 Å². The van der Waals surface area contributed by atoms with Crippen LogP contribution in [0.1, 0.15) is 19.3 Å². The number of halogens is 1. The molecule has 1 aromatic rings. The van der Waals surface area contributed by atoms with Crippen molar-refractivity contribution in [3.05, 3.63) is 5.28 Å². The summed E-state index contributed by atoms with van der Waals surface area (Å²) >= 11 is 5.77. The second kappa shape index (κ2) is 5.01. The molecule has 17 heavy (non-hydrogen) atoms. The number of nitrogens with zero attached hydrogens (tertiary/aromatic N) is 3. The van der Waals surface area contributed by atoms with Gasteiger partial charge in [0.15, 0.2) is 0 Å². The predicted octanol–water partition coefficient (Wildman–Crippen LogP) is 1.14. The SMILES string of the molecule is CNc1nc(Cl)nc(NCC2(CCO)CC2)n1. The molecule has 0 bridgehead atoms. The molecule has 1 fully saturated rings. The van der Waals surface area contributed by atoms with E-state index in [1.807, 2.05) is 0 Å². The molecule has 0 unspecified atom stereocenters. The number of anilines is 2. The molecule has 0 aliphatic heterocycles. The minimum Gasteiger partial charge on any atom is -0.396 e. The number of nitrogens with one attached hydrogen (secondary N) is 2. The highest BCUT2D eigenvalue weighted by atomic mass is 35.5. The molecule has 3 N–H and O–H groups in total. The zero-order valence-corrected chi connectivity index (χ0v) is 10.5. The summed E-state index contributed by atoms with van der Waals surface area (Å²) in [6.07, 6.45) is 3.09. The first-order valence-corrected chi connectivity index (χ1v) is 5.99. The first kappa shape index (κ1) is 12.3. The van der Waals surface area contributed by atoms with Gasteiger partial charge in [0, 0.05) is 20.2 Å². The van der Waals surface area contributed by atoms with E-state index in [4.69, 9.17) is 16.7 Å². The molecule has 1 aliphatic carbocycles. The quantitative estimate of drug-likeness (QED) is 0.709. The van der Waals surface area contributed by atoms with Crippen molar-refractivity contribution in [2.75, 3.05) is 30.8 Å². The summed E-state index contributed by atoms with van der Waals surface area (Å²) in [5, 5.41) is 15.1. The lowest BCUT2D eigenvalue weighted by atomic mass is 10.0. The van der Waals surface area contributed by atoms with Crippen LogP contribution in [-0.2, 0) is 0 Å². The van der Waals surface area contributed by atoms with Gasteiger partial charge in [0.2, 0.25) is 17.2 Å². The standard InChI is InChI=1S/C10H16ClN5O/c1-12-8-14-7(11)15-9(16-8)13-6-10(2-3-10)4-5-17/h17H,2-6H2,1H3,(H2,12,13,14,15,16). The maximum Gasteiger partial charge on any atom is 0.228 e. The Morgan fingerprint density at radius 1 is 1.29 bits per heavy atom. The molecule has 0 amide bonds. The molecule has 1 aliphatic rings. The van der Waals surface area contributed by atoms with Gasteiger partial charge in [-0.2, -0.15) is 15.0 Å². The third-order valence-electron chi connectivity index (χ3n) is 3.05. The maximum atomic E-state index is 8.97. The van der Waals surface area contributed by atoms with Gasteiger partial charge in [-0.25, -0.2) is 0 Å². The number of aliphatic hydroxyl groups is 1. The van der Waals surface area contributed by atoms with E-state index in [0.717, 1.165) is 25.8 Å². The second-order valence-corrected chi connectivity index (χ2v) is 4.67. The monoisotopic (exact) mass is 257 g/mol. The van der Waals surface area contributed by atoms with Gasteiger partial charge < -0.3 is 15.7 Å². The smallest absolute Gasteiger partial charge is 0.228 e. The highest BCUT2D eigenvalue weighted by molar-refractivity contribution is 6.28. The van der Waals surface area contributed by atoms with Gasteiger partial charge >= 0.3 is 0 Å². The average Bonchev–Trinajstić information content (AvgIpc) is 3.07. The molecule has 2 rings (SSSR count). The predicted molar refractivity (Wildman–Crippen MR) is 66.2 cm³/mol. The average molecular weight is 258 g/mol. The molecule has 0 aromatic carbocycles. The van der Waals surface area contributed by atoms with Crippen molar-refractivity contribution in [3.63, 3.8) is 0 Å². The van der Waals surface area contributed by atoms with Crippen LogP contribution in [-0.4, -0.2) is 40.3 Å². The van der Waals surface area contributed by atoms with Gasteiger partial charge in [-0.05, 0) is 36.3 Å². The minimum atomic E-state index is 0.166. The molecule has 6 nitrogen and oxygen atoms in total. The Kier molecular flexibility index (Phi) is 3.63. The van der Waals surface area contributed by atoms with Gasteiger partial charge in [-0.15, -0.1) is 0 Å². The third-order valence-corrected chi connectivity index (χ3v) is 3.22. The molecule has 0 spiro atoms. The summed E-state index contributed by atoms with van der Waals surface area (Å²) in [5.74, 6) is 0.915. The normalized spacial score (nSPS) is 16.6. The highest BCUT2D eigenvalue weighted by Crippen LogP contribution is 2.48. The van der Waals surface area contributed by atoms with Crippen molar-refractivity contribution in [2.24, 2.45) is 5.41 Å². The number of hydrogen-bond acceptors (Lipinski definition) is 6. The molecular weight excluding hydrogens is 242 g/mol. The molecule has 1 heterocycles. The van der Waals surface area contributed by atoms with Crippen molar-refractivity contribution >= 4 is 23.5 Å². The van der Waals surface area contributed by atoms with Crippen molar-refractivity contribution in [3.8, 4) is 0 Å². The zero-order valence-electron chi connectivity index (χ0n) is 9.70. The summed E-state index contributed by atoms with van der Waals surface area (Å²) in [6, 6.07) is 0. The Morgan fingerprint density at radius 3 is 2.59 bits per heavy atom. The van der Waals surface area contributed by atoms with Crippen molar-refractivity contribution in [2.45, 2.75) is 19.3 Å². The third kappa shape index (κ3) is 3.17. The van der Waals surface area contributed by atoms with E-state index in [1.54, 1.807) is 7.05 Å². The molecular formula is C10H16ClN5O. The van der Waals surface area contributed by atoms with Crippen LogP contribution in [0.2, 0.25) is 5.28 Å². The molecule has 1 saturated carbocycles. The fourth-order valence-corrected chi connectivity index (χ4v) is 1.90. The molecule has 0 radical (unpaired) electrons. The van der Waals surface area contributed by atoms with Crippen LogP contribution in [0, 0.1) is 5.41 Å². The van der Waals surface area contributed by atoms with E-state index in [1.165, 1.54) is 0 Å². The fraction of sp³-hybridized carbons (Fsp3) is 0.700. The van der Waals surface area contributed by atoms with Crippen LogP contribution < -0.4 is 10.6 Å². The van der Waals surface area contributed by atoms with E-state index < -0.39 is 0 Å². The van der Waals surface area contributed by atoms with Gasteiger partial charge in [-0.1, -0.05) is 0 Å². The Labute approximate surface area is 105 Å². The maximum absolute atomic E-state index is 8.97. The van der Waals surface area contributed by atoms with Crippen molar-refractivity contribution in [1.29, 1.82) is 0 Å². The largest absolute Gasteiger partial charge is 0.396 e. The zero-order chi connectivity index (χ0) is 12.3. The highest BCUT2D eigenvalue weighted by Gasteiger charge is 2.41. The summed E-state index contributed by atoms with van der Waals surface area (Å²) in [7, 11) is 1.73. The Bertz CT molecular complexity index is 396. The second-order valence-electron chi connectivity index (χ2n) is 4.33. The van der Waals surface area contributed by atoms with Crippen LogP contribution in [0.25, 0.3) is 0 Å². The summed E-state index contributed by atoms with van der Waals surface area (Å²) in [6.45, 7) is 0.985. The topological polar surface area (TPSA) is 83.0 Å². The summed E-state index contributed by atoms with van der Waals surface area (Å²) < 4.78 is 0.